The highest BCUT2D eigenvalue weighted by atomic mass is 79.9. The summed E-state index contributed by atoms with van der Waals surface area (Å²) in [4.78, 5) is 0. The predicted octanol–water partition coefficient (Wildman–Crippen LogP) is 3.05. The quantitative estimate of drug-likeness (QED) is 0.742. The number of aliphatic hydroxyl groups excluding tert-OH is 1. The lowest BCUT2D eigenvalue weighted by atomic mass is 10.1. The molecule has 0 heterocycles. The van der Waals surface area contributed by atoms with Crippen LogP contribution in [0.25, 0.3) is 0 Å². The summed E-state index contributed by atoms with van der Waals surface area (Å²) in [5.41, 5.74) is 8.55. The minimum Gasteiger partial charge on any atom is -0.399 e. The van der Waals surface area contributed by atoms with Gasteiger partial charge < -0.3 is 16.2 Å². The zero-order chi connectivity index (χ0) is 13.7. The van der Waals surface area contributed by atoms with Crippen LogP contribution in [-0.2, 0) is 6.42 Å². The standard InChI is InChI=1S/C15H17BrN2O/c16-14-9-12(17)6-7-15(14)18-13(10-19)8-11-4-2-1-3-5-11/h1-7,9,13,18-19H,8,10,17H2. The minimum absolute atomic E-state index is 0.0256. The van der Waals surface area contributed by atoms with E-state index in [0.717, 1.165) is 16.6 Å². The van der Waals surface area contributed by atoms with E-state index in [1.165, 1.54) is 5.56 Å². The van der Waals surface area contributed by atoms with Gasteiger partial charge in [-0.3, -0.25) is 0 Å². The highest BCUT2D eigenvalue weighted by Gasteiger charge is 2.10. The van der Waals surface area contributed by atoms with Gasteiger partial charge in [-0.2, -0.15) is 0 Å². The largest absolute Gasteiger partial charge is 0.399 e. The fourth-order valence-electron chi connectivity index (χ4n) is 1.93. The number of nitrogens with one attached hydrogen (secondary N) is 1. The number of benzene rings is 2. The monoisotopic (exact) mass is 320 g/mol. The smallest absolute Gasteiger partial charge is 0.0636 e. The summed E-state index contributed by atoms with van der Waals surface area (Å²) >= 11 is 3.47. The van der Waals surface area contributed by atoms with E-state index in [9.17, 15) is 5.11 Å². The summed E-state index contributed by atoms with van der Waals surface area (Å²) in [6.07, 6.45) is 0.772. The summed E-state index contributed by atoms with van der Waals surface area (Å²) in [6.45, 7) is 0.0751. The molecule has 0 fully saturated rings. The molecule has 0 amide bonds. The lowest BCUT2D eigenvalue weighted by molar-refractivity contribution is 0.273. The molecule has 0 saturated carbocycles. The van der Waals surface area contributed by atoms with Crippen molar-refractivity contribution < 1.29 is 5.11 Å². The maximum atomic E-state index is 9.49. The molecule has 2 rings (SSSR count). The molecule has 0 aromatic heterocycles. The van der Waals surface area contributed by atoms with Crippen LogP contribution in [0.1, 0.15) is 5.56 Å². The first-order chi connectivity index (χ1) is 9.19. The molecule has 1 atom stereocenters. The normalized spacial score (nSPS) is 12.1. The SMILES string of the molecule is Nc1ccc(NC(CO)Cc2ccccc2)c(Br)c1. The Hall–Kier alpha value is -1.52. The third-order valence-corrected chi connectivity index (χ3v) is 3.55. The van der Waals surface area contributed by atoms with Crippen LogP contribution in [0.15, 0.2) is 53.0 Å². The number of rotatable bonds is 5. The van der Waals surface area contributed by atoms with Gasteiger partial charge in [0.15, 0.2) is 0 Å². The molecule has 4 N–H and O–H groups in total. The van der Waals surface area contributed by atoms with Gasteiger partial charge in [0.2, 0.25) is 0 Å². The van der Waals surface area contributed by atoms with Crippen LogP contribution in [-0.4, -0.2) is 17.8 Å². The Balaban J connectivity index is 2.06. The van der Waals surface area contributed by atoms with Crippen LogP contribution in [0.3, 0.4) is 0 Å². The Labute approximate surface area is 121 Å². The van der Waals surface area contributed by atoms with Gasteiger partial charge in [0.05, 0.1) is 12.6 Å². The van der Waals surface area contributed by atoms with Crippen molar-refractivity contribution in [2.24, 2.45) is 0 Å². The lowest BCUT2D eigenvalue weighted by Gasteiger charge is -2.19. The van der Waals surface area contributed by atoms with E-state index in [-0.39, 0.29) is 12.6 Å². The van der Waals surface area contributed by atoms with Gasteiger partial charge in [-0.05, 0) is 46.1 Å². The van der Waals surface area contributed by atoms with Crippen LogP contribution in [0.2, 0.25) is 0 Å². The van der Waals surface area contributed by atoms with E-state index in [1.54, 1.807) is 0 Å². The molecular formula is C15H17BrN2O. The van der Waals surface area contributed by atoms with Crippen molar-refractivity contribution in [2.75, 3.05) is 17.7 Å². The van der Waals surface area contributed by atoms with Gasteiger partial charge in [-0.15, -0.1) is 0 Å². The molecule has 1 unspecified atom stereocenters. The average Bonchev–Trinajstić information content (AvgIpc) is 2.42. The van der Waals surface area contributed by atoms with E-state index in [2.05, 4.69) is 33.4 Å². The van der Waals surface area contributed by atoms with Crippen molar-refractivity contribution in [3.8, 4) is 0 Å². The van der Waals surface area contributed by atoms with Crippen molar-refractivity contribution in [1.29, 1.82) is 0 Å². The first kappa shape index (κ1) is 13.9. The van der Waals surface area contributed by atoms with Gasteiger partial charge in [0, 0.05) is 15.8 Å². The summed E-state index contributed by atoms with van der Waals surface area (Å²) in [7, 11) is 0. The zero-order valence-corrected chi connectivity index (χ0v) is 12.1. The molecule has 0 radical (unpaired) electrons. The van der Waals surface area contributed by atoms with Gasteiger partial charge in [-0.1, -0.05) is 30.3 Å². The van der Waals surface area contributed by atoms with Crippen LogP contribution in [0.5, 0.6) is 0 Å². The fourth-order valence-corrected chi connectivity index (χ4v) is 2.44. The van der Waals surface area contributed by atoms with Crippen molar-refractivity contribution in [1.82, 2.24) is 0 Å². The predicted molar refractivity (Wildman–Crippen MR) is 83.2 cm³/mol. The van der Waals surface area contributed by atoms with Gasteiger partial charge >= 0.3 is 0 Å². The third kappa shape index (κ3) is 3.98. The molecule has 2 aromatic rings. The molecule has 3 nitrogen and oxygen atoms in total. The Bertz CT molecular complexity index is 531. The first-order valence-corrected chi connectivity index (χ1v) is 6.94. The molecule has 100 valence electrons. The molecule has 0 aliphatic heterocycles. The number of aliphatic hydroxyl groups is 1. The Kier molecular flexibility index (Phi) is 4.82. The summed E-state index contributed by atoms with van der Waals surface area (Å²) in [6, 6.07) is 15.7. The number of anilines is 2. The second-order valence-corrected chi connectivity index (χ2v) is 5.31. The second kappa shape index (κ2) is 6.59. The molecule has 4 heteroatoms. The Morgan fingerprint density at radius 2 is 1.89 bits per heavy atom. The van der Waals surface area contributed by atoms with Crippen molar-refractivity contribution in [2.45, 2.75) is 12.5 Å². The Morgan fingerprint density at radius 1 is 1.16 bits per heavy atom. The number of hydrogen-bond acceptors (Lipinski definition) is 3. The molecule has 19 heavy (non-hydrogen) atoms. The number of hydrogen-bond donors (Lipinski definition) is 3. The maximum Gasteiger partial charge on any atom is 0.0636 e. The molecular weight excluding hydrogens is 304 g/mol. The van der Waals surface area contributed by atoms with Gasteiger partial charge in [0.1, 0.15) is 0 Å². The van der Waals surface area contributed by atoms with Crippen molar-refractivity contribution >= 4 is 27.3 Å². The first-order valence-electron chi connectivity index (χ1n) is 6.15. The van der Waals surface area contributed by atoms with Gasteiger partial charge in [-0.25, -0.2) is 0 Å². The zero-order valence-electron chi connectivity index (χ0n) is 10.5. The third-order valence-electron chi connectivity index (χ3n) is 2.90. The minimum atomic E-state index is -0.0256. The molecule has 0 bridgehead atoms. The van der Waals surface area contributed by atoms with Gasteiger partial charge in [0.25, 0.3) is 0 Å². The van der Waals surface area contributed by atoms with E-state index in [1.807, 2.05) is 36.4 Å². The van der Waals surface area contributed by atoms with Crippen LogP contribution >= 0.6 is 15.9 Å². The lowest BCUT2D eigenvalue weighted by Crippen LogP contribution is -2.26. The van der Waals surface area contributed by atoms with Crippen LogP contribution < -0.4 is 11.1 Å². The van der Waals surface area contributed by atoms with Crippen molar-refractivity contribution in [3.05, 3.63) is 58.6 Å². The van der Waals surface area contributed by atoms with Crippen LogP contribution in [0.4, 0.5) is 11.4 Å². The number of halogens is 1. The van der Waals surface area contributed by atoms with E-state index >= 15 is 0 Å². The average molecular weight is 321 g/mol. The Morgan fingerprint density at radius 3 is 2.53 bits per heavy atom. The van der Waals surface area contributed by atoms with E-state index < -0.39 is 0 Å². The second-order valence-electron chi connectivity index (χ2n) is 4.45. The van der Waals surface area contributed by atoms with E-state index in [4.69, 9.17) is 5.73 Å². The number of nitrogens with two attached hydrogens (primary N) is 1. The van der Waals surface area contributed by atoms with E-state index in [0.29, 0.717) is 5.69 Å². The molecule has 0 aliphatic rings. The fraction of sp³-hybridized carbons (Fsp3) is 0.200. The highest BCUT2D eigenvalue weighted by molar-refractivity contribution is 9.10. The molecule has 0 spiro atoms. The van der Waals surface area contributed by atoms with Crippen molar-refractivity contribution in [3.63, 3.8) is 0 Å². The summed E-state index contributed by atoms with van der Waals surface area (Å²) in [5.74, 6) is 0. The maximum absolute atomic E-state index is 9.49. The molecule has 0 saturated heterocycles. The molecule has 2 aromatic carbocycles. The number of nitrogen functional groups attached to an aromatic ring is 1. The molecule has 0 aliphatic carbocycles. The highest BCUT2D eigenvalue weighted by Crippen LogP contribution is 2.25. The summed E-state index contributed by atoms with van der Waals surface area (Å²) < 4.78 is 0.902. The van der Waals surface area contributed by atoms with Crippen LogP contribution in [0, 0.1) is 0 Å². The summed E-state index contributed by atoms with van der Waals surface area (Å²) in [5, 5.41) is 12.8. The topological polar surface area (TPSA) is 58.3 Å².